The molecule has 0 bridgehead atoms. The molecule has 104 valence electrons. The van der Waals surface area contributed by atoms with E-state index < -0.39 is 23.2 Å². The van der Waals surface area contributed by atoms with Crippen LogP contribution in [0.25, 0.3) is 0 Å². The van der Waals surface area contributed by atoms with E-state index in [9.17, 15) is 13.6 Å². The summed E-state index contributed by atoms with van der Waals surface area (Å²) < 4.78 is 26.5. The fourth-order valence-corrected chi connectivity index (χ4v) is 1.82. The Morgan fingerprint density at radius 3 is 2.45 bits per heavy atom. The van der Waals surface area contributed by atoms with Crippen molar-refractivity contribution in [1.29, 1.82) is 0 Å². The number of aryl methyl sites for hydroxylation is 1. The maximum Gasteiger partial charge on any atom is 0.251 e. The van der Waals surface area contributed by atoms with Gasteiger partial charge in [-0.15, -0.1) is 0 Å². The molecule has 0 aliphatic rings. The van der Waals surface area contributed by atoms with Crippen LogP contribution < -0.4 is 11.1 Å². The van der Waals surface area contributed by atoms with E-state index in [-0.39, 0.29) is 12.1 Å². The number of nitrogens with two attached hydrogens (primary N) is 1. The molecule has 0 fully saturated rings. The van der Waals surface area contributed by atoms with Gasteiger partial charge in [0.25, 0.3) is 5.91 Å². The predicted molar refractivity (Wildman–Crippen MR) is 73.1 cm³/mol. The van der Waals surface area contributed by atoms with Crippen molar-refractivity contribution in [2.24, 2.45) is 0 Å². The molecule has 2 aromatic rings. The third kappa shape index (κ3) is 3.12. The second kappa shape index (κ2) is 5.69. The molecular formula is C15H14F2N2O. The summed E-state index contributed by atoms with van der Waals surface area (Å²) in [5.41, 5.74) is 6.45. The number of anilines is 1. The quantitative estimate of drug-likeness (QED) is 0.847. The molecular weight excluding hydrogens is 262 g/mol. The lowest BCUT2D eigenvalue weighted by Crippen LogP contribution is -2.23. The molecule has 0 aromatic heterocycles. The van der Waals surface area contributed by atoms with Crippen LogP contribution in [0.1, 0.15) is 21.5 Å². The van der Waals surface area contributed by atoms with Gasteiger partial charge in [0.2, 0.25) is 0 Å². The van der Waals surface area contributed by atoms with Crippen LogP contribution in [-0.4, -0.2) is 5.91 Å². The molecule has 5 heteroatoms. The number of nitrogen functional groups attached to an aromatic ring is 1. The Labute approximate surface area is 115 Å². The highest BCUT2D eigenvalue weighted by molar-refractivity contribution is 5.94. The van der Waals surface area contributed by atoms with Crippen molar-refractivity contribution in [2.75, 3.05) is 5.73 Å². The highest BCUT2D eigenvalue weighted by Gasteiger charge is 2.12. The second-order valence-electron chi connectivity index (χ2n) is 4.53. The SMILES string of the molecule is Cc1cccc(CNC(=O)c2cc(F)c(N)c(F)c2)c1. The van der Waals surface area contributed by atoms with Gasteiger partial charge in [0.15, 0.2) is 0 Å². The van der Waals surface area contributed by atoms with Crippen LogP contribution in [0.2, 0.25) is 0 Å². The molecule has 0 unspecified atom stereocenters. The highest BCUT2D eigenvalue weighted by atomic mass is 19.1. The number of hydrogen-bond donors (Lipinski definition) is 2. The van der Waals surface area contributed by atoms with Crippen molar-refractivity contribution in [1.82, 2.24) is 5.32 Å². The first-order valence-corrected chi connectivity index (χ1v) is 6.05. The molecule has 0 heterocycles. The van der Waals surface area contributed by atoms with E-state index in [1.54, 1.807) is 0 Å². The van der Waals surface area contributed by atoms with Crippen LogP contribution in [0.3, 0.4) is 0 Å². The number of nitrogens with one attached hydrogen (secondary N) is 1. The van der Waals surface area contributed by atoms with Crippen LogP contribution in [-0.2, 0) is 6.54 Å². The van der Waals surface area contributed by atoms with Crippen molar-refractivity contribution in [3.63, 3.8) is 0 Å². The Balaban J connectivity index is 2.09. The minimum atomic E-state index is -0.939. The van der Waals surface area contributed by atoms with Crippen molar-refractivity contribution in [2.45, 2.75) is 13.5 Å². The Morgan fingerprint density at radius 2 is 1.85 bits per heavy atom. The summed E-state index contributed by atoms with van der Waals surface area (Å²) in [7, 11) is 0. The minimum absolute atomic E-state index is 0.0955. The average Bonchev–Trinajstić information content (AvgIpc) is 2.41. The smallest absolute Gasteiger partial charge is 0.251 e. The predicted octanol–water partition coefficient (Wildman–Crippen LogP) is 2.79. The summed E-state index contributed by atoms with van der Waals surface area (Å²) in [6.07, 6.45) is 0. The van der Waals surface area contributed by atoms with Gasteiger partial charge in [-0.05, 0) is 24.6 Å². The molecule has 20 heavy (non-hydrogen) atoms. The molecule has 3 nitrogen and oxygen atoms in total. The number of hydrogen-bond acceptors (Lipinski definition) is 2. The summed E-state index contributed by atoms with van der Waals surface area (Å²) in [4.78, 5) is 11.8. The lowest BCUT2D eigenvalue weighted by Gasteiger charge is -2.07. The molecule has 0 radical (unpaired) electrons. The zero-order valence-corrected chi connectivity index (χ0v) is 10.9. The van der Waals surface area contributed by atoms with Crippen LogP contribution >= 0.6 is 0 Å². The molecule has 0 saturated carbocycles. The fourth-order valence-electron chi connectivity index (χ4n) is 1.82. The van der Waals surface area contributed by atoms with Crippen LogP contribution in [0.15, 0.2) is 36.4 Å². The molecule has 0 saturated heterocycles. The second-order valence-corrected chi connectivity index (χ2v) is 4.53. The summed E-state index contributed by atoms with van der Waals surface area (Å²) in [5.74, 6) is -2.43. The van der Waals surface area contributed by atoms with Crippen LogP contribution in [0.4, 0.5) is 14.5 Å². The van der Waals surface area contributed by atoms with Crippen molar-refractivity contribution in [3.05, 3.63) is 64.7 Å². The molecule has 0 atom stereocenters. The Kier molecular flexibility index (Phi) is 3.98. The number of amides is 1. The average molecular weight is 276 g/mol. The van der Waals surface area contributed by atoms with Crippen LogP contribution in [0.5, 0.6) is 0 Å². The van der Waals surface area contributed by atoms with Gasteiger partial charge in [-0.3, -0.25) is 4.79 Å². The van der Waals surface area contributed by atoms with E-state index >= 15 is 0 Å². The molecule has 0 aliphatic carbocycles. The van der Waals surface area contributed by atoms with Gasteiger partial charge in [0.1, 0.15) is 17.3 Å². The van der Waals surface area contributed by atoms with Crippen molar-refractivity contribution >= 4 is 11.6 Å². The van der Waals surface area contributed by atoms with Crippen LogP contribution in [0, 0.1) is 18.6 Å². The first-order chi connectivity index (χ1) is 9.47. The number of halogens is 2. The zero-order chi connectivity index (χ0) is 14.7. The standard InChI is InChI=1S/C15H14F2N2O/c1-9-3-2-4-10(5-9)8-19-15(20)11-6-12(16)14(18)13(17)7-11/h2-7H,8,18H2,1H3,(H,19,20). The van der Waals surface area contributed by atoms with Gasteiger partial charge in [0, 0.05) is 12.1 Å². The van der Waals surface area contributed by atoms with E-state index in [0.29, 0.717) is 0 Å². The Morgan fingerprint density at radius 1 is 1.20 bits per heavy atom. The van der Waals surface area contributed by atoms with Gasteiger partial charge in [-0.1, -0.05) is 29.8 Å². The van der Waals surface area contributed by atoms with Gasteiger partial charge in [-0.25, -0.2) is 8.78 Å². The first kappa shape index (κ1) is 14.0. The monoisotopic (exact) mass is 276 g/mol. The normalized spacial score (nSPS) is 10.3. The van der Waals surface area contributed by atoms with Crippen molar-refractivity contribution in [3.8, 4) is 0 Å². The number of rotatable bonds is 3. The minimum Gasteiger partial charge on any atom is -0.394 e. The first-order valence-electron chi connectivity index (χ1n) is 6.05. The molecule has 0 aliphatic heterocycles. The maximum atomic E-state index is 13.3. The van der Waals surface area contributed by atoms with E-state index in [0.717, 1.165) is 23.3 Å². The topological polar surface area (TPSA) is 55.1 Å². The number of benzene rings is 2. The van der Waals surface area contributed by atoms with Gasteiger partial charge < -0.3 is 11.1 Å². The third-order valence-corrected chi connectivity index (χ3v) is 2.88. The van der Waals surface area contributed by atoms with Gasteiger partial charge in [0.05, 0.1) is 0 Å². The van der Waals surface area contributed by atoms with Crippen molar-refractivity contribution < 1.29 is 13.6 Å². The summed E-state index contributed by atoms with van der Waals surface area (Å²) >= 11 is 0. The van der Waals surface area contributed by atoms with Gasteiger partial charge >= 0.3 is 0 Å². The summed E-state index contributed by atoms with van der Waals surface area (Å²) in [5, 5.41) is 2.60. The van der Waals surface area contributed by atoms with E-state index in [1.807, 2.05) is 31.2 Å². The van der Waals surface area contributed by atoms with E-state index in [1.165, 1.54) is 0 Å². The lowest BCUT2D eigenvalue weighted by atomic mass is 10.1. The lowest BCUT2D eigenvalue weighted by molar-refractivity contribution is 0.0950. The highest BCUT2D eigenvalue weighted by Crippen LogP contribution is 2.17. The molecule has 2 aromatic carbocycles. The number of carbonyl (C=O) groups excluding carboxylic acids is 1. The largest absolute Gasteiger partial charge is 0.394 e. The fraction of sp³-hybridized carbons (Fsp3) is 0.133. The summed E-state index contributed by atoms with van der Waals surface area (Å²) in [6, 6.07) is 9.44. The summed E-state index contributed by atoms with van der Waals surface area (Å²) in [6.45, 7) is 2.23. The molecule has 0 spiro atoms. The Bertz CT molecular complexity index is 633. The molecule has 1 amide bonds. The van der Waals surface area contributed by atoms with E-state index in [4.69, 9.17) is 5.73 Å². The van der Waals surface area contributed by atoms with Gasteiger partial charge in [-0.2, -0.15) is 0 Å². The molecule has 3 N–H and O–H groups in total. The third-order valence-electron chi connectivity index (χ3n) is 2.88. The maximum absolute atomic E-state index is 13.3. The van der Waals surface area contributed by atoms with E-state index in [2.05, 4.69) is 5.32 Å². The molecule has 2 rings (SSSR count). The Hall–Kier alpha value is -2.43. The zero-order valence-electron chi connectivity index (χ0n) is 10.9. The number of carbonyl (C=O) groups is 1.